The van der Waals surface area contributed by atoms with E-state index in [1.54, 1.807) is 23.0 Å². The van der Waals surface area contributed by atoms with Gasteiger partial charge >= 0.3 is 0 Å². The number of nitrogens with zero attached hydrogens (tertiary/aromatic N) is 4. The van der Waals surface area contributed by atoms with Crippen molar-refractivity contribution in [2.45, 2.75) is 6.92 Å². The van der Waals surface area contributed by atoms with Crippen molar-refractivity contribution in [2.24, 2.45) is 0 Å². The number of hydrogen-bond donors (Lipinski definition) is 1. The van der Waals surface area contributed by atoms with Gasteiger partial charge in [0.1, 0.15) is 11.5 Å². The van der Waals surface area contributed by atoms with E-state index in [9.17, 15) is 4.39 Å². The van der Waals surface area contributed by atoms with E-state index in [4.69, 9.17) is 5.73 Å². The number of nitrogens with two attached hydrogens (primary N) is 1. The van der Waals surface area contributed by atoms with E-state index in [2.05, 4.69) is 10.1 Å². The van der Waals surface area contributed by atoms with Crippen LogP contribution in [0, 0.1) is 12.7 Å². The summed E-state index contributed by atoms with van der Waals surface area (Å²) in [6.07, 6.45) is 7.24. The molecular formula is C17H14FN5. The van der Waals surface area contributed by atoms with Crippen LogP contribution < -0.4 is 5.73 Å². The molecule has 1 aromatic carbocycles. The van der Waals surface area contributed by atoms with Crippen molar-refractivity contribution in [3.05, 3.63) is 66.5 Å². The van der Waals surface area contributed by atoms with Crippen LogP contribution in [0.15, 0.2) is 55.1 Å². The molecule has 0 saturated carbocycles. The number of aromatic nitrogens is 4. The highest BCUT2D eigenvalue weighted by Crippen LogP contribution is 2.25. The first-order chi connectivity index (χ1) is 11.1. The summed E-state index contributed by atoms with van der Waals surface area (Å²) in [5.41, 5.74) is 10.1. The lowest BCUT2D eigenvalue weighted by atomic mass is 10.1. The monoisotopic (exact) mass is 307 g/mol. The summed E-state index contributed by atoms with van der Waals surface area (Å²) in [6, 6.07) is 8.88. The molecule has 2 N–H and O–H groups in total. The summed E-state index contributed by atoms with van der Waals surface area (Å²) in [5.74, 6) is -0.404. The molecule has 23 heavy (non-hydrogen) atoms. The van der Waals surface area contributed by atoms with Gasteiger partial charge in [-0.1, -0.05) is 0 Å². The van der Waals surface area contributed by atoms with Gasteiger partial charge in [-0.15, -0.1) is 0 Å². The Morgan fingerprint density at radius 3 is 2.83 bits per heavy atom. The summed E-state index contributed by atoms with van der Waals surface area (Å²) in [7, 11) is 0. The molecule has 0 fully saturated rings. The fourth-order valence-corrected chi connectivity index (χ4v) is 2.68. The quantitative estimate of drug-likeness (QED) is 0.578. The second-order valence-corrected chi connectivity index (χ2v) is 5.40. The van der Waals surface area contributed by atoms with Crippen molar-refractivity contribution >= 4 is 11.3 Å². The van der Waals surface area contributed by atoms with Crippen molar-refractivity contribution in [2.75, 3.05) is 5.73 Å². The molecule has 0 aliphatic rings. The highest BCUT2D eigenvalue weighted by atomic mass is 19.1. The van der Waals surface area contributed by atoms with Crippen LogP contribution in [0.5, 0.6) is 0 Å². The Labute approximate surface area is 131 Å². The Balaban J connectivity index is 1.89. The molecule has 0 atom stereocenters. The zero-order valence-corrected chi connectivity index (χ0v) is 12.4. The summed E-state index contributed by atoms with van der Waals surface area (Å²) in [5, 5.41) is 4.55. The highest BCUT2D eigenvalue weighted by molar-refractivity contribution is 5.66. The molecule has 0 saturated heterocycles. The van der Waals surface area contributed by atoms with Crippen LogP contribution in [0.4, 0.5) is 10.1 Å². The van der Waals surface area contributed by atoms with Crippen molar-refractivity contribution < 1.29 is 4.39 Å². The molecule has 5 nitrogen and oxygen atoms in total. The highest BCUT2D eigenvalue weighted by Gasteiger charge is 2.12. The first kappa shape index (κ1) is 13.5. The number of imidazole rings is 1. The molecule has 0 aliphatic carbocycles. The molecule has 6 heteroatoms. The van der Waals surface area contributed by atoms with Crippen LogP contribution in [-0.2, 0) is 0 Å². The number of hydrogen-bond acceptors (Lipinski definition) is 3. The third-order valence-electron chi connectivity index (χ3n) is 3.85. The van der Waals surface area contributed by atoms with Gasteiger partial charge in [-0.2, -0.15) is 5.10 Å². The van der Waals surface area contributed by atoms with E-state index >= 15 is 0 Å². The molecular weight excluding hydrogens is 293 g/mol. The minimum Gasteiger partial charge on any atom is -0.396 e. The molecule has 3 aromatic heterocycles. The van der Waals surface area contributed by atoms with Crippen LogP contribution in [0.25, 0.3) is 22.6 Å². The lowest BCUT2D eigenvalue weighted by Gasteiger charge is -2.09. The number of pyridine rings is 1. The van der Waals surface area contributed by atoms with Crippen molar-refractivity contribution in [1.82, 2.24) is 19.2 Å². The maximum atomic E-state index is 13.6. The average Bonchev–Trinajstić information content (AvgIpc) is 3.12. The zero-order valence-electron chi connectivity index (χ0n) is 12.4. The Morgan fingerprint density at radius 1 is 1.17 bits per heavy atom. The van der Waals surface area contributed by atoms with Crippen molar-refractivity contribution in [3.8, 4) is 16.9 Å². The van der Waals surface area contributed by atoms with E-state index in [0.717, 1.165) is 28.2 Å². The number of halogens is 1. The Morgan fingerprint density at radius 2 is 2.04 bits per heavy atom. The van der Waals surface area contributed by atoms with Gasteiger partial charge in [-0.05, 0) is 36.8 Å². The fourth-order valence-electron chi connectivity index (χ4n) is 2.68. The Bertz CT molecular complexity index is 1000. The molecule has 4 aromatic rings. The predicted octanol–water partition coefficient (Wildman–Crippen LogP) is 3.22. The largest absolute Gasteiger partial charge is 0.396 e. The predicted molar refractivity (Wildman–Crippen MR) is 86.9 cm³/mol. The molecule has 3 heterocycles. The molecule has 0 spiro atoms. The summed E-state index contributed by atoms with van der Waals surface area (Å²) in [4.78, 5) is 4.12. The Hall–Kier alpha value is -3.15. The molecule has 0 aliphatic heterocycles. The van der Waals surface area contributed by atoms with E-state index in [0.29, 0.717) is 0 Å². The number of rotatable bonds is 2. The van der Waals surface area contributed by atoms with Crippen LogP contribution >= 0.6 is 0 Å². The molecule has 114 valence electrons. The molecule has 0 radical (unpaired) electrons. The number of nitrogen functional groups attached to an aromatic ring is 1. The van der Waals surface area contributed by atoms with Gasteiger partial charge < -0.3 is 5.73 Å². The molecule has 0 unspecified atom stereocenters. The summed E-state index contributed by atoms with van der Waals surface area (Å²) < 4.78 is 17.3. The van der Waals surface area contributed by atoms with Crippen LogP contribution in [0.3, 0.4) is 0 Å². The van der Waals surface area contributed by atoms with Gasteiger partial charge in [0.15, 0.2) is 0 Å². The maximum Gasteiger partial charge on any atom is 0.146 e. The zero-order chi connectivity index (χ0) is 16.0. The van der Waals surface area contributed by atoms with Gasteiger partial charge in [0.2, 0.25) is 0 Å². The average molecular weight is 307 g/mol. The second-order valence-electron chi connectivity index (χ2n) is 5.40. The Kier molecular flexibility index (Phi) is 2.90. The number of aryl methyl sites for hydroxylation is 1. The first-order valence-electron chi connectivity index (χ1n) is 7.16. The van der Waals surface area contributed by atoms with Gasteiger partial charge in [-0.25, -0.2) is 8.91 Å². The molecule has 0 amide bonds. The lowest BCUT2D eigenvalue weighted by Crippen LogP contribution is -2.00. The lowest BCUT2D eigenvalue weighted by molar-refractivity contribution is 0.631. The maximum absolute atomic E-state index is 13.6. The summed E-state index contributed by atoms with van der Waals surface area (Å²) in [6.45, 7) is 1.85. The third-order valence-corrected chi connectivity index (χ3v) is 3.85. The molecule has 4 rings (SSSR count). The minimum absolute atomic E-state index is 0.129. The summed E-state index contributed by atoms with van der Waals surface area (Å²) >= 11 is 0. The standard InChI is InChI=1S/C17H14FN5/c1-11-7-13(18)14(19)8-16(11)22-5-6-23-17(22)9-15(21-23)12-3-2-4-20-10-12/h2-10H,19H2,1H3. The van der Waals surface area contributed by atoms with E-state index in [1.165, 1.54) is 6.07 Å². The number of fused-ring (bicyclic) bond motifs is 1. The first-order valence-corrected chi connectivity index (χ1v) is 7.16. The van der Waals surface area contributed by atoms with E-state index in [1.807, 2.05) is 42.1 Å². The molecule has 0 bridgehead atoms. The van der Waals surface area contributed by atoms with Gasteiger partial charge in [0.25, 0.3) is 0 Å². The SMILES string of the molecule is Cc1cc(F)c(N)cc1-n1ccn2nc(-c3cccnc3)cc12. The topological polar surface area (TPSA) is 61.1 Å². The van der Waals surface area contributed by atoms with Gasteiger partial charge in [-0.3, -0.25) is 9.55 Å². The smallest absolute Gasteiger partial charge is 0.146 e. The van der Waals surface area contributed by atoms with Crippen LogP contribution in [0.2, 0.25) is 0 Å². The van der Waals surface area contributed by atoms with Crippen LogP contribution in [0.1, 0.15) is 5.56 Å². The minimum atomic E-state index is -0.404. The van der Waals surface area contributed by atoms with Gasteiger partial charge in [0.05, 0.1) is 17.1 Å². The van der Waals surface area contributed by atoms with Crippen LogP contribution in [-0.4, -0.2) is 19.2 Å². The van der Waals surface area contributed by atoms with E-state index in [-0.39, 0.29) is 5.69 Å². The third kappa shape index (κ3) is 2.15. The fraction of sp³-hybridized carbons (Fsp3) is 0.0588. The number of anilines is 1. The van der Waals surface area contributed by atoms with Crippen molar-refractivity contribution in [1.29, 1.82) is 0 Å². The normalized spacial score (nSPS) is 11.2. The second kappa shape index (κ2) is 4.95. The number of benzene rings is 1. The van der Waals surface area contributed by atoms with Gasteiger partial charge in [0, 0.05) is 36.4 Å². The van der Waals surface area contributed by atoms with E-state index < -0.39 is 5.82 Å². The van der Waals surface area contributed by atoms with Crippen molar-refractivity contribution in [3.63, 3.8) is 0 Å².